The fraction of sp³-hybridized carbons (Fsp3) is 0.0667. The van der Waals surface area contributed by atoms with E-state index >= 15 is 0 Å². The maximum Gasteiger partial charge on any atom is -0.172 e. The molecule has 0 aliphatic heterocycles. The minimum atomic E-state index is -0.826. The van der Waals surface area contributed by atoms with Gasteiger partial charge in [0.1, 0.15) is 0 Å². The first-order valence-corrected chi connectivity index (χ1v) is 11.9. The third kappa shape index (κ3) is 6.54. The molecule has 0 N–H and O–H groups in total. The number of hydrogen-bond acceptors (Lipinski definition) is 0. The summed E-state index contributed by atoms with van der Waals surface area (Å²) in [5, 5.41) is 0. The van der Waals surface area contributed by atoms with Crippen molar-refractivity contribution in [2.75, 3.05) is 0 Å². The predicted octanol–water partition coefficient (Wildman–Crippen LogP) is 5.40. The Morgan fingerprint density at radius 1 is 0.944 bits per heavy atom. The van der Waals surface area contributed by atoms with Gasteiger partial charge in [0.2, 0.25) is 0 Å². The molecule has 3 heteroatoms. The summed E-state index contributed by atoms with van der Waals surface area (Å²) >= 11 is -0.826. The van der Waals surface area contributed by atoms with Crippen molar-refractivity contribution in [2.45, 2.75) is 5.92 Å². The molecule has 2 aromatic carbocycles. The van der Waals surface area contributed by atoms with Crippen LogP contribution in [0.3, 0.4) is 0 Å². The molecule has 0 unspecified atom stereocenters. The Hall–Kier alpha value is -0.357. The van der Waals surface area contributed by atoms with Gasteiger partial charge in [-0.3, -0.25) is 0 Å². The molecule has 1 aliphatic carbocycles. The van der Waals surface area contributed by atoms with E-state index in [9.17, 15) is 0 Å². The molecule has 3 rings (SSSR count). The summed E-state index contributed by atoms with van der Waals surface area (Å²) in [6.45, 7) is 0. The second kappa shape index (κ2) is 10.6. The van der Waals surface area contributed by atoms with Crippen molar-refractivity contribution in [3.63, 3.8) is 0 Å². The molecule has 0 radical (unpaired) electrons. The van der Waals surface area contributed by atoms with E-state index in [1.807, 2.05) is 30.3 Å². The summed E-state index contributed by atoms with van der Waals surface area (Å²) in [4.78, 5) is 0. The van der Waals surface area contributed by atoms with Crippen molar-refractivity contribution >= 4 is 17.0 Å². The van der Waals surface area contributed by atoms with Crippen molar-refractivity contribution < 1.29 is 20.8 Å². The Bertz CT molecular complexity index is 398. The summed E-state index contributed by atoms with van der Waals surface area (Å²) in [5.41, 5.74) is 1.39. The van der Waals surface area contributed by atoms with Crippen molar-refractivity contribution in [1.29, 1.82) is 0 Å². The van der Waals surface area contributed by atoms with E-state index in [1.54, 1.807) is 0 Å². The molecule has 92 valence electrons. The fourth-order valence-electron chi connectivity index (χ4n) is 1.59. The number of rotatable bonds is 1. The Labute approximate surface area is 127 Å². The maximum atomic E-state index is 4.93. The first-order chi connectivity index (χ1) is 8.88. The first kappa shape index (κ1) is 15.7. The van der Waals surface area contributed by atoms with E-state index in [-0.39, 0.29) is 0 Å². The van der Waals surface area contributed by atoms with Crippen molar-refractivity contribution in [2.24, 2.45) is 0 Å². The number of allylic oxidation sites excluding steroid dienone is 4. The van der Waals surface area contributed by atoms with E-state index in [4.69, 9.17) is 17.0 Å². The molecule has 0 saturated heterocycles. The quantitative estimate of drug-likeness (QED) is 0.601. The minimum Gasteiger partial charge on any atom is -0.214 e. The minimum absolute atomic E-state index is 0.537. The Balaban J connectivity index is 0.000000170. The van der Waals surface area contributed by atoms with Crippen molar-refractivity contribution in [3.05, 3.63) is 84.5 Å². The van der Waals surface area contributed by atoms with E-state index in [2.05, 4.69) is 48.6 Å². The SMILES string of the molecule is C1=CC(c2ccc[cH-]2)C=C1.[Cl][Zr+2][Cl].c1cc[cH-]c1. The molecule has 0 atom stereocenters. The second-order valence-corrected chi connectivity index (χ2v) is 7.28. The van der Waals surface area contributed by atoms with Gasteiger partial charge in [0.25, 0.3) is 0 Å². The Morgan fingerprint density at radius 2 is 1.56 bits per heavy atom. The van der Waals surface area contributed by atoms with Gasteiger partial charge in [-0.05, 0) is 5.92 Å². The van der Waals surface area contributed by atoms with Crippen LogP contribution in [0.1, 0.15) is 11.5 Å². The molecule has 0 aromatic heterocycles. The van der Waals surface area contributed by atoms with Crippen LogP contribution in [-0.2, 0) is 20.8 Å². The average Bonchev–Trinajstić information content (AvgIpc) is 3.16. The zero-order valence-corrected chi connectivity index (χ0v) is 13.8. The molecule has 18 heavy (non-hydrogen) atoms. The molecule has 0 spiro atoms. The zero-order chi connectivity index (χ0) is 13.1. The zero-order valence-electron chi connectivity index (χ0n) is 9.84. The van der Waals surface area contributed by atoms with Crippen LogP contribution in [0.2, 0.25) is 0 Å². The Morgan fingerprint density at radius 3 is 1.94 bits per heavy atom. The number of hydrogen-bond donors (Lipinski definition) is 0. The van der Waals surface area contributed by atoms with Crippen LogP contribution in [0.25, 0.3) is 0 Å². The monoisotopic (exact) mass is 354 g/mol. The van der Waals surface area contributed by atoms with Gasteiger partial charge in [-0.15, -0.1) is 0 Å². The largest absolute Gasteiger partial charge is 0.214 e. The van der Waals surface area contributed by atoms with Gasteiger partial charge in [0, 0.05) is 0 Å². The van der Waals surface area contributed by atoms with Crippen molar-refractivity contribution in [1.82, 2.24) is 0 Å². The van der Waals surface area contributed by atoms with Crippen LogP contribution in [0.15, 0.2) is 78.9 Å². The van der Waals surface area contributed by atoms with Gasteiger partial charge < -0.3 is 0 Å². The topological polar surface area (TPSA) is 0 Å². The molecule has 0 amide bonds. The molecule has 2 aromatic rings. The van der Waals surface area contributed by atoms with Gasteiger partial charge in [-0.25, -0.2) is 24.3 Å². The van der Waals surface area contributed by atoms with Gasteiger partial charge in [0.15, 0.2) is 0 Å². The summed E-state index contributed by atoms with van der Waals surface area (Å²) in [7, 11) is 9.87. The van der Waals surface area contributed by atoms with Crippen molar-refractivity contribution in [3.8, 4) is 0 Å². The Kier molecular flexibility index (Phi) is 9.21. The predicted molar refractivity (Wildman–Crippen MR) is 76.8 cm³/mol. The molecule has 0 nitrogen and oxygen atoms in total. The normalized spacial score (nSPS) is 12.1. The first-order valence-electron chi connectivity index (χ1n) is 5.58. The van der Waals surface area contributed by atoms with E-state index < -0.39 is 20.8 Å². The summed E-state index contributed by atoms with van der Waals surface area (Å²) in [5.74, 6) is 0.537. The molecule has 1 aliphatic rings. The summed E-state index contributed by atoms with van der Waals surface area (Å²) < 4.78 is 0. The van der Waals surface area contributed by atoms with Crippen LogP contribution in [0.5, 0.6) is 0 Å². The average molecular weight is 356 g/mol. The van der Waals surface area contributed by atoms with Crippen LogP contribution in [-0.4, -0.2) is 0 Å². The van der Waals surface area contributed by atoms with Crippen LogP contribution in [0.4, 0.5) is 0 Å². The van der Waals surface area contributed by atoms with Crippen LogP contribution in [0, 0.1) is 0 Å². The smallest absolute Gasteiger partial charge is 0.172 e. The molecule has 0 heterocycles. The van der Waals surface area contributed by atoms with Gasteiger partial charge in [-0.2, -0.15) is 35.9 Å². The third-order valence-corrected chi connectivity index (χ3v) is 2.38. The molecule has 0 bridgehead atoms. The van der Waals surface area contributed by atoms with E-state index in [1.165, 1.54) is 5.56 Å². The molecular weight excluding hydrogens is 342 g/mol. The summed E-state index contributed by atoms with van der Waals surface area (Å²) in [6, 6.07) is 18.5. The van der Waals surface area contributed by atoms with E-state index in [0.29, 0.717) is 5.92 Å². The van der Waals surface area contributed by atoms with Gasteiger partial charge >= 0.3 is 37.9 Å². The molecule has 0 saturated carbocycles. The van der Waals surface area contributed by atoms with Gasteiger partial charge in [-0.1, -0.05) is 24.3 Å². The fourth-order valence-corrected chi connectivity index (χ4v) is 1.59. The van der Waals surface area contributed by atoms with Gasteiger partial charge in [0.05, 0.1) is 0 Å². The standard InChI is InChI=1S/C10H9.C5H5.2ClH.Zr/c1-2-6-9(5-1)10-7-3-4-8-10;1-2-4-5-3-1;;;/h1-9H;1-5H;2*1H;/q2*-1;;;+4/p-2. The van der Waals surface area contributed by atoms with Crippen LogP contribution >= 0.6 is 17.0 Å². The van der Waals surface area contributed by atoms with E-state index in [0.717, 1.165) is 0 Å². The third-order valence-electron chi connectivity index (χ3n) is 2.38. The second-order valence-electron chi connectivity index (χ2n) is 3.55. The van der Waals surface area contributed by atoms with Crippen LogP contribution < -0.4 is 0 Å². The number of halogens is 2. The maximum absolute atomic E-state index is 4.93. The molecular formula is C15H14Cl2Zr. The summed E-state index contributed by atoms with van der Waals surface area (Å²) in [6.07, 6.45) is 8.60. The molecule has 0 fully saturated rings.